The van der Waals surface area contributed by atoms with Crippen LogP contribution in [-0.2, 0) is 0 Å². The van der Waals surface area contributed by atoms with Crippen LogP contribution in [0.4, 0.5) is 11.4 Å². The van der Waals surface area contributed by atoms with Crippen molar-refractivity contribution < 1.29 is 19.4 Å². The third-order valence-corrected chi connectivity index (χ3v) is 5.64. The summed E-state index contributed by atoms with van der Waals surface area (Å²) in [6.45, 7) is 1.22. The largest absolute Gasteiger partial charge is 0.494 e. The van der Waals surface area contributed by atoms with E-state index < -0.39 is 5.97 Å². The zero-order valence-corrected chi connectivity index (χ0v) is 18.2. The highest BCUT2D eigenvalue weighted by Gasteiger charge is 2.32. The molecule has 4 heterocycles. The maximum absolute atomic E-state index is 12.8. The average molecular weight is 459 g/mol. The molecular formula is C23H21N7O4. The Balaban J connectivity index is 1.28. The Kier molecular flexibility index (Phi) is 5.42. The van der Waals surface area contributed by atoms with Crippen molar-refractivity contribution in [1.82, 2.24) is 25.0 Å². The fourth-order valence-corrected chi connectivity index (χ4v) is 3.87. The summed E-state index contributed by atoms with van der Waals surface area (Å²) in [4.78, 5) is 30.6. The summed E-state index contributed by atoms with van der Waals surface area (Å²) in [6, 6.07) is 13.9. The number of carboxylic acid groups (broad SMARTS) is 1. The number of aromatic amines is 1. The number of carboxylic acids is 1. The van der Waals surface area contributed by atoms with Gasteiger partial charge in [-0.05, 0) is 36.4 Å². The van der Waals surface area contributed by atoms with E-state index in [1.165, 1.54) is 24.1 Å². The molecule has 1 fully saturated rings. The Morgan fingerprint density at radius 1 is 1.15 bits per heavy atom. The quantitative estimate of drug-likeness (QED) is 0.383. The highest BCUT2D eigenvalue weighted by molar-refractivity contribution is 6.04. The van der Waals surface area contributed by atoms with Crippen molar-refractivity contribution in [3.05, 3.63) is 72.3 Å². The van der Waals surface area contributed by atoms with Crippen LogP contribution in [0.5, 0.6) is 5.75 Å². The molecule has 172 valence electrons. The summed E-state index contributed by atoms with van der Waals surface area (Å²) in [5, 5.41) is 23.1. The van der Waals surface area contributed by atoms with E-state index in [-0.39, 0.29) is 23.3 Å². The molecule has 1 aromatic carbocycles. The van der Waals surface area contributed by atoms with E-state index >= 15 is 0 Å². The van der Waals surface area contributed by atoms with E-state index in [1.807, 2.05) is 12.1 Å². The maximum Gasteiger partial charge on any atom is 0.354 e. The fourth-order valence-electron chi connectivity index (χ4n) is 3.87. The first-order valence-corrected chi connectivity index (χ1v) is 10.5. The molecule has 0 aliphatic carbocycles. The normalized spacial score (nSPS) is 13.4. The van der Waals surface area contributed by atoms with Crippen LogP contribution in [0, 0.1) is 0 Å². The third kappa shape index (κ3) is 3.94. The Morgan fingerprint density at radius 2 is 2.00 bits per heavy atom. The topological polar surface area (TPSA) is 138 Å². The predicted octanol–water partition coefficient (Wildman–Crippen LogP) is 2.69. The molecule has 1 aliphatic rings. The van der Waals surface area contributed by atoms with E-state index in [2.05, 4.69) is 30.5 Å². The standard InChI is InChI=1S/C23H21N7O4/c1-34-21-11-14(29-12-15(13-29)30-20(23(32)33)8-10-25-30)5-6-18(21)27-22(31)19-4-2-3-16(26-19)17-7-9-24-28-17/h2-11,15H,12-13H2,1H3,(H,24,28)(H,27,31)(H,32,33). The maximum atomic E-state index is 12.8. The zero-order valence-electron chi connectivity index (χ0n) is 18.2. The number of hydrogen-bond acceptors (Lipinski definition) is 7. The van der Waals surface area contributed by atoms with Crippen LogP contribution in [0.2, 0.25) is 0 Å². The van der Waals surface area contributed by atoms with Gasteiger partial charge in [0.1, 0.15) is 22.8 Å². The number of carbonyl (C=O) groups is 2. The Hall–Kier alpha value is -4.67. The molecule has 3 aromatic heterocycles. The minimum atomic E-state index is -0.998. The number of nitrogens with one attached hydrogen (secondary N) is 2. The predicted molar refractivity (Wildman–Crippen MR) is 123 cm³/mol. The average Bonchev–Trinajstić information content (AvgIpc) is 3.52. The number of methoxy groups -OCH3 is 1. The van der Waals surface area contributed by atoms with E-state index in [0.717, 1.165) is 5.69 Å². The molecule has 0 spiro atoms. The fraction of sp³-hybridized carbons (Fsp3) is 0.174. The lowest BCUT2D eigenvalue weighted by Gasteiger charge is -2.41. The molecule has 0 atom stereocenters. The molecule has 1 saturated heterocycles. The molecule has 0 bridgehead atoms. The number of nitrogens with zero attached hydrogens (tertiary/aromatic N) is 5. The van der Waals surface area contributed by atoms with Gasteiger partial charge in [-0.25, -0.2) is 9.78 Å². The van der Waals surface area contributed by atoms with Crippen molar-refractivity contribution in [2.24, 2.45) is 0 Å². The number of amides is 1. The molecule has 5 rings (SSSR count). The minimum Gasteiger partial charge on any atom is -0.494 e. The van der Waals surface area contributed by atoms with Gasteiger partial charge in [0.15, 0.2) is 0 Å². The number of benzene rings is 1. The SMILES string of the molecule is COc1cc(N2CC(n3nccc3C(=O)O)C2)ccc1NC(=O)c1cccc(-c2cc[nH]n2)n1. The molecule has 3 N–H and O–H groups in total. The van der Waals surface area contributed by atoms with Gasteiger partial charge in [0.2, 0.25) is 0 Å². The van der Waals surface area contributed by atoms with Crippen molar-refractivity contribution in [2.45, 2.75) is 6.04 Å². The Morgan fingerprint density at radius 3 is 2.74 bits per heavy atom. The summed E-state index contributed by atoms with van der Waals surface area (Å²) in [5.74, 6) is -0.863. The smallest absolute Gasteiger partial charge is 0.354 e. The summed E-state index contributed by atoms with van der Waals surface area (Å²) in [5.41, 5.74) is 3.08. The molecule has 34 heavy (non-hydrogen) atoms. The second-order valence-corrected chi connectivity index (χ2v) is 7.73. The van der Waals surface area contributed by atoms with Gasteiger partial charge in [0, 0.05) is 37.2 Å². The molecule has 11 heteroatoms. The van der Waals surface area contributed by atoms with Gasteiger partial charge in [-0.3, -0.25) is 14.6 Å². The lowest BCUT2D eigenvalue weighted by Crippen LogP contribution is -2.48. The van der Waals surface area contributed by atoms with Gasteiger partial charge in [0.25, 0.3) is 5.91 Å². The number of aromatic carboxylic acids is 1. The van der Waals surface area contributed by atoms with Crippen molar-refractivity contribution in [3.8, 4) is 17.1 Å². The number of rotatable bonds is 7. The van der Waals surface area contributed by atoms with E-state index in [1.54, 1.807) is 36.5 Å². The minimum absolute atomic E-state index is 0.0284. The molecule has 0 radical (unpaired) electrons. The molecule has 4 aromatic rings. The molecule has 1 amide bonds. The Labute approximate surface area is 194 Å². The number of ether oxygens (including phenoxy) is 1. The van der Waals surface area contributed by atoms with Gasteiger partial charge in [-0.15, -0.1) is 0 Å². The van der Waals surface area contributed by atoms with E-state index in [9.17, 15) is 14.7 Å². The van der Waals surface area contributed by atoms with Crippen molar-refractivity contribution in [1.29, 1.82) is 0 Å². The first kappa shape index (κ1) is 21.2. The molecule has 1 aliphatic heterocycles. The Bertz CT molecular complexity index is 1340. The van der Waals surface area contributed by atoms with Crippen LogP contribution in [0.3, 0.4) is 0 Å². The summed E-state index contributed by atoms with van der Waals surface area (Å²) in [7, 11) is 1.53. The molecule has 11 nitrogen and oxygen atoms in total. The molecule has 0 saturated carbocycles. The van der Waals surface area contributed by atoms with Gasteiger partial charge >= 0.3 is 5.97 Å². The first-order valence-electron chi connectivity index (χ1n) is 10.5. The van der Waals surface area contributed by atoms with Crippen molar-refractivity contribution in [3.63, 3.8) is 0 Å². The van der Waals surface area contributed by atoms with E-state index in [4.69, 9.17) is 4.74 Å². The second kappa shape index (κ2) is 8.70. The van der Waals surface area contributed by atoms with Gasteiger partial charge < -0.3 is 20.1 Å². The lowest BCUT2D eigenvalue weighted by atomic mass is 10.1. The summed E-state index contributed by atoms with van der Waals surface area (Å²) < 4.78 is 7.04. The highest BCUT2D eigenvalue weighted by atomic mass is 16.5. The molecule has 0 unspecified atom stereocenters. The van der Waals surface area contributed by atoms with Gasteiger partial charge in [0.05, 0.1) is 24.5 Å². The number of hydrogen-bond donors (Lipinski definition) is 3. The lowest BCUT2D eigenvalue weighted by molar-refractivity contribution is 0.0678. The second-order valence-electron chi connectivity index (χ2n) is 7.73. The first-order chi connectivity index (χ1) is 16.5. The number of aromatic nitrogens is 5. The number of pyridine rings is 1. The monoisotopic (exact) mass is 459 g/mol. The van der Waals surface area contributed by atoms with Gasteiger partial charge in [-0.2, -0.15) is 10.2 Å². The number of carbonyl (C=O) groups excluding carboxylic acids is 1. The van der Waals surface area contributed by atoms with Crippen LogP contribution in [0.1, 0.15) is 27.0 Å². The summed E-state index contributed by atoms with van der Waals surface area (Å²) in [6.07, 6.45) is 3.18. The van der Waals surface area contributed by atoms with Crippen LogP contribution < -0.4 is 15.0 Å². The summed E-state index contributed by atoms with van der Waals surface area (Å²) >= 11 is 0. The van der Waals surface area contributed by atoms with Crippen LogP contribution in [-0.4, -0.2) is 62.1 Å². The van der Waals surface area contributed by atoms with Crippen LogP contribution in [0.25, 0.3) is 11.4 Å². The van der Waals surface area contributed by atoms with Gasteiger partial charge in [-0.1, -0.05) is 6.07 Å². The van der Waals surface area contributed by atoms with Crippen LogP contribution in [0.15, 0.2) is 60.9 Å². The molecular weight excluding hydrogens is 438 g/mol. The number of anilines is 2. The highest BCUT2D eigenvalue weighted by Crippen LogP contribution is 2.34. The van der Waals surface area contributed by atoms with E-state index in [0.29, 0.717) is 35.9 Å². The van der Waals surface area contributed by atoms with Crippen molar-refractivity contribution in [2.75, 3.05) is 30.4 Å². The zero-order chi connectivity index (χ0) is 23.7. The van der Waals surface area contributed by atoms with Crippen LogP contribution >= 0.6 is 0 Å². The number of H-pyrrole nitrogens is 1. The third-order valence-electron chi connectivity index (χ3n) is 5.64. The van der Waals surface area contributed by atoms with Crippen molar-refractivity contribution >= 4 is 23.3 Å².